The fourth-order valence-corrected chi connectivity index (χ4v) is 6.12. The molecule has 4 aliphatic rings. The van der Waals surface area contributed by atoms with Gasteiger partial charge in [-0.05, 0) is 62.2 Å². The highest BCUT2D eigenvalue weighted by molar-refractivity contribution is 5.82. The molecule has 0 aromatic rings. The molecule has 2 amide bonds. The Morgan fingerprint density at radius 3 is 2.14 bits per heavy atom. The van der Waals surface area contributed by atoms with Gasteiger partial charge in [-0.2, -0.15) is 0 Å². The smallest absolute Gasteiger partial charge is 0.325 e. The molecular weight excluding hydrogens is 268 g/mol. The van der Waals surface area contributed by atoms with Crippen molar-refractivity contribution in [3.05, 3.63) is 0 Å². The molecule has 0 aromatic carbocycles. The van der Waals surface area contributed by atoms with Gasteiger partial charge in [0.1, 0.15) is 6.04 Å². The van der Waals surface area contributed by atoms with Crippen molar-refractivity contribution in [2.75, 3.05) is 0 Å². The second-order valence-electron chi connectivity index (χ2n) is 8.57. The summed E-state index contributed by atoms with van der Waals surface area (Å²) in [6.07, 6.45) is 6.92. The first-order valence-electron chi connectivity index (χ1n) is 7.94. The summed E-state index contributed by atoms with van der Waals surface area (Å²) < 4.78 is 0. The van der Waals surface area contributed by atoms with Gasteiger partial charge in [-0.25, -0.2) is 4.79 Å². The Hall–Kier alpha value is -1.26. The molecule has 4 rings (SSSR count). The summed E-state index contributed by atoms with van der Waals surface area (Å²) >= 11 is 0. The molecule has 4 saturated carbocycles. The normalized spacial score (nSPS) is 45.2. The number of carbonyl (C=O) groups excluding carboxylic acids is 1. The van der Waals surface area contributed by atoms with Gasteiger partial charge in [-0.15, -0.1) is 0 Å². The second kappa shape index (κ2) is 4.37. The molecule has 118 valence electrons. The van der Waals surface area contributed by atoms with E-state index in [0.717, 1.165) is 19.3 Å². The van der Waals surface area contributed by atoms with Crippen molar-refractivity contribution in [3.63, 3.8) is 0 Å². The zero-order chi connectivity index (χ0) is 15.5. The lowest BCUT2D eigenvalue weighted by Crippen LogP contribution is -2.66. The van der Waals surface area contributed by atoms with Gasteiger partial charge in [0.05, 0.1) is 0 Å². The van der Waals surface area contributed by atoms with E-state index < -0.39 is 12.0 Å². The van der Waals surface area contributed by atoms with Crippen molar-refractivity contribution in [1.82, 2.24) is 10.6 Å². The van der Waals surface area contributed by atoms with Crippen molar-refractivity contribution < 1.29 is 14.7 Å². The number of amides is 2. The SMILES string of the molecule is C[C@H](NC(=O)NC12CC3CC(C)(CC(C)(C3)C1)C2)C(=O)O. The van der Waals surface area contributed by atoms with E-state index in [1.165, 1.54) is 26.2 Å². The lowest BCUT2D eigenvalue weighted by Gasteiger charge is -2.65. The fourth-order valence-electron chi connectivity index (χ4n) is 6.12. The van der Waals surface area contributed by atoms with E-state index in [0.29, 0.717) is 16.7 Å². The van der Waals surface area contributed by atoms with Gasteiger partial charge in [0.15, 0.2) is 0 Å². The molecule has 0 aliphatic heterocycles. The number of carbonyl (C=O) groups is 2. The van der Waals surface area contributed by atoms with Gasteiger partial charge >= 0.3 is 12.0 Å². The number of urea groups is 1. The van der Waals surface area contributed by atoms with Crippen LogP contribution in [0.2, 0.25) is 0 Å². The molecule has 21 heavy (non-hydrogen) atoms. The second-order valence-corrected chi connectivity index (χ2v) is 8.57. The molecule has 5 heteroatoms. The Morgan fingerprint density at radius 2 is 1.67 bits per heavy atom. The van der Waals surface area contributed by atoms with Gasteiger partial charge in [0, 0.05) is 5.54 Å². The molecule has 0 spiro atoms. The molecule has 4 fully saturated rings. The summed E-state index contributed by atoms with van der Waals surface area (Å²) in [5.74, 6) is -0.303. The first-order valence-corrected chi connectivity index (χ1v) is 7.94. The number of carboxylic acid groups (broad SMARTS) is 1. The van der Waals surface area contributed by atoms with Crippen molar-refractivity contribution in [2.45, 2.75) is 70.9 Å². The summed E-state index contributed by atoms with van der Waals surface area (Å²) in [4.78, 5) is 23.0. The third-order valence-corrected chi connectivity index (χ3v) is 5.72. The van der Waals surface area contributed by atoms with Crippen LogP contribution in [0.4, 0.5) is 4.79 Å². The van der Waals surface area contributed by atoms with Crippen LogP contribution in [0.25, 0.3) is 0 Å². The monoisotopic (exact) mass is 294 g/mol. The third kappa shape index (κ3) is 2.62. The first-order chi connectivity index (χ1) is 9.63. The maximum Gasteiger partial charge on any atom is 0.325 e. The Labute approximate surface area is 125 Å². The molecule has 4 aliphatic carbocycles. The standard InChI is InChI=1S/C16H26N2O3/c1-10(12(19)20)17-13(21)18-16-6-11-4-14(2,8-16)7-15(3,5-11)9-16/h10-11H,4-9H2,1-3H3,(H,19,20)(H2,17,18,21)/t10-,11?,14?,15?,16?/m0/s1. The summed E-state index contributed by atoms with van der Waals surface area (Å²) in [7, 11) is 0. The molecule has 3 atom stereocenters. The number of hydrogen-bond acceptors (Lipinski definition) is 2. The highest BCUT2D eigenvalue weighted by Crippen LogP contribution is 2.66. The highest BCUT2D eigenvalue weighted by atomic mass is 16.4. The van der Waals surface area contributed by atoms with Gasteiger partial charge in [-0.1, -0.05) is 13.8 Å². The van der Waals surface area contributed by atoms with E-state index in [2.05, 4.69) is 24.5 Å². The number of carboxylic acids is 1. The Kier molecular flexibility index (Phi) is 3.05. The number of rotatable bonds is 3. The van der Waals surface area contributed by atoms with Crippen molar-refractivity contribution in [3.8, 4) is 0 Å². The first kappa shape index (κ1) is 14.7. The van der Waals surface area contributed by atoms with E-state index in [1.54, 1.807) is 0 Å². The topological polar surface area (TPSA) is 78.4 Å². The van der Waals surface area contributed by atoms with E-state index in [4.69, 9.17) is 5.11 Å². The third-order valence-electron chi connectivity index (χ3n) is 5.72. The maximum absolute atomic E-state index is 12.2. The molecule has 5 nitrogen and oxygen atoms in total. The minimum Gasteiger partial charge on any atom is -0.480 e. The predicted molar refractivity (Wildman–Crippen MR) is 78.9 cm³/mol. The van der Waals surface area contributed by atoms with Crippen molar-refractivity contribution >= 4 is 12.0 Å². The zero-order valence-electron chi connectivity index (χ0n) is 13.2. The van der Waals surface area contributed by atoms with Gasteiger partial charge < -0.3 is 15.7 Å². The van der Waals surface area contributed by atoms with Crippen LogP contribution in [0, 0.1) is 16.7 Å². The Balaban J connectivity index is 1.73. The van der Waals surface area contributed by atoms with Gasteiger partial charge in [0.2, 0.25) is 0 Å². The number of aliphatic carboxylic acids is 1. The lowest BCUT2D eigenvalue weighted by molar-refractivity contribution is -0.138. The van der Waals surface area contributed by atoms with Crippen LogP contribution in [0.1, 0.15) is 59.3 Å². The quantitative estimate of drug-likeness (QED) is 0.748. The highest BCUT2D eigenvalue weighted by Gasteiger charge is 2.60. The molecule has 0 heterocycles. The minimum absolute atomic E-state index is 0.134. The summed E-state index contributed by atoms with van der Waals surface area (Å²) in [6, 6.07) is -1.19. The summed E-state index contributed by atoms with van der Waals surface area (Å²) in [6.45, 7) is 6.19. The average Bonchev–Trinajstić information content (AvgIpc) is 2.21. The molecular formula is C16H26N2O3. The Bertz CT molecular complexity index is 472. The van der Waals surface area contributed by atoms with Crippen molar-refractivity contribution in [1.29, 1.82) is 0 Å². The number of hydrogen-bond donors (Lipinski definition) is 3. The number of nitrogens with one attached hydrogen (secondary N) is 2. The van der Waals surface area contributed by atoms with Crippen LogP contribution < -0.4 is 10.6 Å². The van der Waals surface area contributed by atoms with E-state index in [1.807, 2.05) is 0 Å². The molecule has 0 saturated heterocycles. The molecule has 3 N–H and O–H groups in total. The van der Waals surface area contributed by atoms with E-state index >= 15 is 0 Å². The van der Waals surface area contributed by atoms with Crippen LogP contribution in [0.15, 0.2) is 0 Å². The molecule has 2 unspecified atom stereocenters. The predicted octanol–water partition coefficient (Wildman–Crippen LogP) is 2.51. The lowest BCUT2D eigenvalue weighted by atomic mass is 9.43. The Morgan fingerprint density at radius 1 is 1.10 bits per heavy atom. The van der Waals surface area contributed by atoms with Crippen LogP contribution in [-0.2, 0) is 4.79 Å². The largest absolute Gasteiger partial charge is 0.480 e. The van der Waals surface area contributed by atoms with Crippen LogP contribution >= 0.6 is 0 Å². The zero-order valence-corrected chi connectivity index (χ0v) is 13.2. The van der Waals surface area contributed by atoms with Gasteiger partial charge in [-0.3, -0.25) is 4.79 Å². The molecule has 0 radical (unpaired) electrons. The van der Waals surface area contributed by atoms with Crippen LogP contribution in [-0.4, -0.2) is 28.7 Å². The average molecular weight is 294 g/mol. The van der Waals surface area contributed by atoms with Crippen molar-refractivity contribution in [2.24, 2.45) is 16.7 Å². The van der Waals surface area contributed by atoms with Crippen LogP contribution in [0.3, 0.4) is 0 Å². The van der Waals surface area contributed by atoms with Gasteiger partial charge in [0.25, 0.3) is 0 Å². The fraction of sp³-hybridized carbons (Fsp3) is 0.875. The minimum atomic E-state index is -1.01. The summed E-state index contributed by atoms with van der Waals surface area (Å²) in [5, 5.41) is 14.6. The van der Waals surface area contributed by atoms with E-state index in [-0.39, 0.29) is 11.6 Å². The molecule has 0 aromatic heterocycles. The maximum atomic E-state index is 12.2. The van der Waals surface area contributed by atoms with Crippen LogP contribution in [0.5, 0.6) is 0 Å². The van der Waals surface area contributed by atoms with E-state index in [9.17, 15) is 9.59 Å². The molecule has 4 bridgehead atoms. The summed E-state index contributed by atoms with van der Waals surface area (Å²) in [5.41, 5.74) is 0.533.